The number of nitrogens with one attached hydrogen (secondary N) is 1. The molecule has 0 saturated carbocycles. The predicted molar refractivity (Wildman–Crippen MR) is 59.1 cm³/mol. The molecule has 1 heterocycles. The number of hydrogen-bond acceptors (Lipinski definition) is 3. The van der Waals surface area contributed by atoms with Gasteiger partial charge in [-0.2, -0.15) is 10.2 Å². The van der Waals surface area contributed by atoms with Gasteiger partial charge in [0, 0.05) is 13.5 Å². The Morgan fingerprint density at radius 1 is 1.47 bits per heavy atom. The minimum Gasteiger partial charge on any atom is -0.356 e. The molecule has 0 fully saturated rings. The van der Waals surface area contributed by atoms with E-state index in [4.69, 9.17) is 0 Å². The van der Waals surface area contributed by atoms with Crippen LogP contribution in [0.2, 0.25) is 0 Å². The van der Waals surface area contributed by atoms with Crippen LogP contribution in [0.4, 0.5) is 0 Å². The van der Waals surface area contributed by atoms with Gasteiger partial charge in [0.2, 0.25) is 5.91 Å². The van der Waals surface area contributed by atoms with E-state index in [1.807, 2.05) is 31.2 Å². The van der Waals surface area contributed by atoms with Crippen LogP contribution in [0.25, 0.3) is 6.08 Å². The Balaban J connectivity index is 2.32. The lowest BCUT2D eigenvalue weighted by Gasteiger charge is -1.96. The third kappa shape index (κ3) is 4.90. The van der Waals surface area contributed by atoms with Crippen molar-refractivity contribution in [1.82, 2.24) is 15.5 Å². The van der Waals surface area contributed by atoms with Crippen molar-refractivity contribution < 1.29 is 4.79 Å². The topological polar surface area (TPSA) is 54.9 Å². The molecule has 15 heavy (non-hydrogen) atoms. The van der Waals surface area contributed by atoms with Crippen LogP contribution >= 0.6 is 0 Å². The molecule has 0 spiro atoms. The average molecular weight is 205 g/mol. The summed E-state index contributed by atoms with van der Waals surface area (Å²) >= 11 is 0. The van der Waals surface area contributed by atoms with Crippen molar-refractivity contribution in [3.63, 3.8) is 0 Å². The van der Waals surface area contributed by atoms with Gasteiger partial charge in [-0.05, 0) is 31.6 Å². The van der Waals surface area contributed by atoms with E-state index in [0.717, 1.165) is 17.8 Å². The minimum atomic E-state index is -0.00136. The van der Waals surface area contributed by atoms with E-state index in [2.05, 4.69) is 15.5 Å². The van der Waals surface area contributed by atoms with Crippen LogP contribution in [-0.4, -0.2) is 22.6 Å². The van der Waals surface area contributed by atoms with Gasteiger partial charge in [-0.25, -0.2) is 0 Å². The molecule has 0 atom stereocenters. The van der Waals surface area contributed by atoms with E-state index in [1.165, 1.54) is 6.92 Å². The summed E-state index contributed by atoms with van der Waals surface area (Å²) in [5.74, 6) is -0.00136. The highest BCUT2D eigenvalue weighted by Gasteiger charge is 1.90. The molecule has 4 heteroatoms. The zero-order valence-electron chi connectivity index (χ0n) is 9.03. The predicted octanol–water partition coefficient (Wildman–Crippen LogP) is 1.32. The monoisotopic (exact) mass is 205 g/mol. The summed E-state index contributed by atoms with van der Waals surface area (Å²) in [6.45, 7) is 4.07. The van der Waals surface area contributed by atoms with Crippen LogP contribution in [0.5, 0.6) is 0 Å². The molecule has 0 aliphatic heterocycles. The number of aryl methyl sites for hydroxylation is 1. The maximum Gasteiger partial charge on any atom is 0.216 e. The number of hydrogen-bond donors (Lipinski definition) is 1. The maximum absolute atomic E-state index is 10.6. The standard InChI is InChI=1S/C11H15N3O/c1-9-6-7-11(14-13-9)5-3-4-8-12-10(2)15/h3,5-7H,4,8H2,1-2H3,(H,12,15). The molecule has 0 saturated heterocycles. The number of carbonyl (C=O) groups excluding carboxylic acids is 1. The van der Waals surface area contributed by atoms with Crippen molar-refractivity contribution >= 4 is 12.0 Å². The Hall–Kier alpha value is -1.71. The number of aromatic nitrogens is 2. The van der Waals surface area contributed by atoms with Gasteiger partial charge in [-0.1, -0.05) is 6.08 Å². The highest BCUT2D eigenvalue weighted by atomic mass is 16.1. The molecule has 0 aliphatic rings. The summed E-state index contributed by atoms with van der Waals surface area (Å²) in [7, 11) is 0. The van der Waals surface area contributed by atoms with Crippen molar-refractivity contribution in [3.05, 3.63) is 29.6 Å². The van der Waals surface area contributed by atoms with E-state index in [0.29, 0.717) is 6.54 Å². The Bertz CT molecular complexity index is 343. The van der Waals surface area contributed by atoms with Crippen LogP contribution in [0.3, 0.4) is 0 Å². The zero-order chi connectivity index (χ0) is 11.1. The van der Waals surface area contributed by atoms with Crippen LogP contribution in [0, 0.1) is 6.92 Å². The van der Waals surface area contributed by atoms with Gasteiger partial charge in [-0.3, -0.25) is 4.79 Å². The van der Waals surface area contributed by atoms with Crippen molar-refractivity contribution in [2.24, 2.45) is 0 Å². The number of rotatable bonds is 4. The lowest BCUT2D eigenvalue weighted by atomic mass is 10.3. The molecule has 0 bridgehead atoms. The van der Waals surface area contributed by atoms with E-state index in [1.54, 1.807) is 0 Å². The maximum atomic E-state index is 10.6. The van der Waals surface area contributed by atoms with Crippen molar-refractivity contribution in [3.8, 4) is 0 Å². The Morgan fingerprint density at radius 3 is 2.87 bits per heavy atom. The Morgan fingerprint density at radius 2 is 2.27 bits per heavy atom. The number of amides is 1. The molecular formula is C11H15N3O. The SMILES string of the molecule is CC(=O)NCCC=Cc1ccc(C)nn1. The summed E-state index contributed by atoms with van der Waals surface area (Å²) in [4.78, 5) is 10.6. The van der Waals surface area contributed by atoms with Gasteiger partial charge < -0.3 is 5.32 Å². The molecule has 0 unspecified atom stereocenters. The second-order valence-corrected chi connectivity index (χ2v) is 3.27. The molecule has 1 rings (SSSR count). The average Bonchev–Trinajstić information content (AvgIpc) is 2.20. The van der Waals surface area contributed by atoms with Gasteiger partial charge in [0.05, 0.1) is 11.4 Å². The fourth-order valence-corrected chi connectivity index (χ4v) is 1.03. The second-order valence-electron chi connectivity index (χ2n) is 3.27. The highest BCUT2D eigenvalue weighted by molar-refractivity contribution is 5.72. The molecule has 0 aliphatic carbocycles. The quantitative estimate of drug-likeness (QED) is 0.754. The van der Waals surface area contributed by atoms with E-state index in [9.17, 15) is 4.79 Å². The van der Waals surface area contributed by atoms with E-state index < -0.39 is 0 Å². The van der Waals surface area contributed by atoms with Gasteiger partial charge in [-0.15, -0.1) is 0 Å². The number of nitrogens with zero attached hydrogens (tertiary/aromatic N) is 2. The van der Waals surface area contributed by atoms with Crippen molar-refractivity contribution in [2.45, 2.75) is 20.3 Å². The van der Waals surface area contributed by atoms with Crippen LogP contribution in [-0.2, 0) is 4.79 Å². The largest absolute Gasteiger partial charge is 0.356 e. The van der Waals surface area contributed by atoms with Crippen LogP contribution < -0.4 is 5.32 Å². The molecular weight excluding hydrogens is 190 g/mol. The third-order valence-corrected chi connectivity index (χ3v) is 1.79. The van der Waals surface area contributed by atoms with Gasteiger partial charge in [0.1, 0.15) is 0 Å². The summed E-state index contributed by atoms with van der Waals surface area (Å²) in [5.41, 5.74) is 1.74. The lowest BCUT2D eigenvalue weighted by molar-refractivity contribution is -0.118. The first-order valence-electron chi connectivity index (χ1n) is 4.90. The van der Waals surface area contributed by atoms with E-state index in [-0.39, 0.29) is 5.91 Å². The van der Waals surface area contributed by atoms with Crippen molar-refractivity contribution in [2.75, 3.05) is 6.54 Å². The van der Waals surface area contributed by atoms with Crippen LogP contribution in [0.1, 0.15) is 24.7 Å². The first-order chi connectivity index (χ1) is 7.18. The molecule has 1 aromatic heterocycles. The molecule has 1 aromatic rings. The normalized spacial score (nSPS) is 10.5. The van der Waals surface area contributed by atoms with Gasteiger partial charge in [0.25, 0.3) is 0 Å². The molecule has 0 aromatic carbocycles. The smallest absolute Gasteiger partial charge is 0.216 e. The Labute approximate surface area is 89.4 Å². The third-order valence-electron chi connectivity index (χ3n) is 1.79. The van der Waals surface area contributed by atoms with Gasteiger partial charge in [0.15, 0.2) is 0 Å². The van der Waals surface area contributed by atoms with Gasteiger partial charge >= 0.3 is 0 Å². The molecule has 0 radical (unpaired) electrons. The highest BCUT2D eigenvalue weighted by Crippen LogP contribution is 1.98. The fraction of sp³-hybridized carbons (Fsp3) is 0.364. The fourth-order valence-electron chi connectivity index (χ4n) is 1.03. The minimum absolute atomic E-state index is 0.00136. The molecule has 80 valence electrons. The van der Waals surface area contributed by atoms with E-state index >= 15 is 0 Å². The lowest BCUT2D eigenvalue weighted by Crippen LogP contribution is -2.20. The summed E-state index contributed by atoms with van der Waals surface area (Å²) in [6, 6.07) is 3.83. The van der Waals surface area contributed by atoms with Crippen LogP contribution in [0.15, 0.2) is 18.2 Å². The summed E-state index contributed by atoms with van der Waals surface area (Å²) < 4.78 is 0. The molecule has 1 amide bonds. The first kappa shape index (κ1) is 11.4. The first-order valence-corrected chi connectivity index (χ1v) is 4.90. The zero-order valence-corrected chi connectivity index (χ0v) is 9.03. The van der Waals surface area contributed by atoms with Crippen molar-refractivity contribution in [1.29, 1.82) is 0 Å². The second kappa shape index (κ2) is 5.90. The Kier molecular flexibility index (Phi) is 4.47. The number of carbonyl (C=O) groups is 1. The summed E-state index contributed by atoms with van der Waals surface area (Å²) in [5, 5.41) is 10.6. The molecule has 1 N–H and O–H groups in total. The molecule has 4 nitrogen and oxygen atoms in total. The summed E-state index contributed by atoms with van der Waals surface area (Å²) in [6.07, 6.45) is 4.67.